The van der Waals surface area contributed by atoms with E-state index in [0.29, 0.717) is 6.54 Å². The van der Waals surface area contributed by atoms with Gasteiger partial charge >= 0.3 is 6.09 Å². The van der Waals surface area contributed by atoms with Crippen LogP contribution in [-0.2, 0) is 15.1 Å². The minimum Gasteiger partial charge on any atom is -0.441 e. The molecule has 3 aromatic carbocycles. The predicted octanol–water partition coefficient (Wildman–Crippen LogP) is 7.08. The van der Waals surface area contributed by atoms with Crippen LogP contribution in [0, 0.1) is 12.3 Å². The molecule has 0 spiro atoms. The molecule has 39 heavy (non-hydrogen) atoms. The Morgan fingerprint density at radius 1 is 0.897 bits per heavy atom. The molecule has 0 bridgehead atoms. The summed E-state index contributed by atoms with van der Waals surface area (Å²) in [6, 6.07) is 29.7. The molecule has 7 heteroatoms. The average Bonchev–Trinajstić information content (AvgIpc) is 3.29. The zero-order valence-corrected chi connectivity index (χ0v) is 22.1. The number of rotatable bonds is 14. The van der Waals surface area contributed by atoms with Crippen molar-refractivity contribution in [2.24, 2.45) is 5.11 Å². The van der Waals surface area contributed by atoms with E-state index in [-0.39, 0.29) is 13.2 Å². The quantitative estimate of drug-likeness (QED) is 0.0566. The van der Waals surface area contributed by atoms with Crippen LogP contribution in [0.5, 0.6) is 0 Å². The number of terminal acetylenes is 1. The number of carbonyl (C=O) groups is 1. The van der Waals surface area contributed by atoms with E-state index in [9.17, 15) is 4.79 Å². The van der Waals surface area contributed by atoms with Crippen molar-refractivity contribution in [1.82, 2.24) is 4.90 Å². The Hall–Kier alpha value is -4.24. The molecule has 0 unspecified atom stereocenters. The molecule has 0 aromatic heterocycles. The maximum Gasteiger partial charge on any atom is 0.410 e. The summed E-state index contributed by atoms with van der Waals surface area (Å²) in [7, 11) is 0. The number of cyclic esters (lactones) is 1. The lowest BCUT2D eigenvalue weighted by atomic mass is 9.80. The zero-order chi connectivity index (χ0) is 27.3. The highest BCUT2D eigenvalue weighted by Crippen LogP contribution is 2.41. The van der Waals surface area contributed by atoms with E-state index in [4.69, 9.17) is 21.4 Å². The SMILES string of the molecule is C#CCCCCCCN1C(=O)O[C@H](COC(c2ccccc2)(c2ccccc2)c2ccccc2)[C@H]1CN=[N+]=[N-]. The number of hydrogen-bond donors (Lipinski definition) is 0. The van der Waals surface area contributed by atoms with Gasteiger partial charge in [0, 0.05) is 17.9 Å². The monoisotopic (exact) mass is 522 g/mol. The maximum atomic E-state index is 12.9. The lowest BCUT2D eigenvalue weighted by Crippen LogP contribution is -2.43. The first kappa shape index (κ1) is 27.8. The minimum atomic E-state index is -0.941. The van der Waals surface area contributed by atoms with Gasteiger partial charge in [0.05, 0.1) is 19.2 Å². The summed E-state index contributed by atoms with van der Waals surface area (Å²) in [6.07, 6.45) is 8.86. The van der Waals surface area contributed by atoms with E-state index in [0.717, 1.165) is 48.8 Å². The molecule has 0 aliphatic carbocycles. The average molecular weight is 523 g/mol. The van der Waals surface area contributed by atoms with Crippen molar-refractivity contribution in [3.63, 3.8) is 0 Å². The summed E-state index contributed by atoms with van der Waals surface area (Å²) >= 11 is 0. The first-order valence-electron chi connectivity index (χ1n) is 13.4. The Kier molecular flexibility index (Phi) is 10.0. The molecule has 1 heterocycles. The normalized spacial score (nSPS) is 16.8. The molecule has 0 radical (unpaired) electrons. The fraction of sp³-hybridized carbons (Fsp3) is 0.344. The fourth-order valence-electron chi connectivity index (χ4n) is 5.19. The number of nitrogens with zero attached hydrogens (tertiary/aromatic N) is 4. The number of hydrogen-bond acceptors (Lipinski definition) is 4. The molecule has 3 aromatic rings. The second-order valence-electron chi connectivity index (χ2n) is 9.55. The molecule has 0 saturated carbocycles. The summed E-state index contributed by atoms with van der Waals surface area (Å²) < 4.78 is 12.7. The number of unbranched alkanes of at least 4 members (excludes halogenated alkanes) is 4. The van der Waals surface area contributed by atoms with Crippen LogP contribution in [0.2, 0.25) is 0 Å². The Morgan fingerprint density at radius 3 is 1.95 bits per heavy atom. The highest BCUT2D eigenvalue weighted by Gasteiger charge is 2.44. The molecule has 1 aliphatic rings. The summed E-state index contributed by atoms with van der Waals surface area (Å²) in [5.41, 5.74) is 11.0. The third kappa shape index (κ3) is 6.61. The van der Waals surface area contributed by atoms with Crippen molar-refractivity contribution < 1.29 is 14.3 Å². The summed E-state index contributed by atoms with van der Waals surface area (Å²) in [4.78, 5) is 17.6. The van der Waals surface area contributed by atoms with Crippen LogP contribution in [0.25, 0.3) is 10.4 Å². The van der Waals surface area contributed by atoms with Crippen LogP contribution in [-0.4, -0.2) is 42.8 Å². The fourth-order valence-corrected chi connectivity index (χ4v) is 5.19. The smallest absolute Gasteiger partial charge is 0.410 e. The van der Waals surface area contributed by atoms with Gasteiger partial charge in [0.1, 0.15) is 11.7 Å². The van der Waals surface area contributed by atoms with E-state index in [1.165, 1.54) is 0 Å². The van der Waals surface area contributed by atoms with Crippen molar-refractivity contribution in [3.8, 4) is 12.3 Å². The van der Waals surface area contributed by atoms with E-state index in [1.807, 2.05) is 91.0 Å². The highest BCUT2D eigenvalue weighted by atomic mass is 16.6. The topological polar surface area (TPSA) is 87.5 Å². The second kappa shape index (κ2) is 14.1. The third-order valence-electron chi connectivity index (χ3n) is 7.12. The number of ether oxygens (including phenoxy) is 2. The minimum absolute atomic E-state index is 0.113. The van der Waals surface area contributed by atoms with Gasteiger partial charge in [0.2, 0.25) is 0 Å². The van der Waals surface area contributed by atoms with Crippen LogP contribution in [0.1, 0.15) is 48.8 Å². The molecule has 7 nitrogen and oxygen atoms in total. The lowest BCUT2D eigenvalue weighted by molar-refractivity contribution is -0.0369. The van der Waals surface area contributed by atoms with Crippen LogP contribution >= 0.6 is 0 Å². The first-order valence-corrected chi connectivity index (χ1v) is 13.4. The van der Waals surface area contributed by atoms with Gasteiger partial charge < -0.3 is 14.4 Å². The van der Waals surface area contributed by atoms with E-state index in [1.54, 1.807) is 4.90 Å². The van der Waals surface area contributed by atoms with Crippen molar-refractivity contribution in [3.05, 3.63) is 118 Å². The Balaban J connectivity index is 1.62. The Morgan fingerprint density at radius 2 is 1.44 bits per heavy atom. The standard InChI is InChI=1S/C32H34N4O3/c1-2-3-4-5-6-16-23-36-29(24-34-35-33)30(39-31(36)37)25-38-32(26-17-10-7-11-18-26,27-19-12-8-13-20-27)28-21-14-9-15-22-28/h1,7-15,17-22,29-30H,3-6,16,23-25H2/t29-,30-/m1/s1. The summed E-state index contributed by atoms with van der Waals surface area (Å²) in [5, 5.41) is 3.81. The predicted molar refractivity (Wildman–Crippen MR) is 152 cm³/mol. The Bertz CT molecular complexity index is 1170. The first-order chi connectivity index (χ1) is 19.2. The van der Waals surface area contributed by atoms with E-state index in [2.05, 4.69) is 15.9 Å². The molecule has 1 amide bonds. The van der Waals surface area contributed by atoms with Gasteiger partial charge in [0.25, 0.3) is 0 Å². The molecule has 1 aliphatic heterocycles. The van der Waals surface area contributed by atoms with Crippen molar-refractivity contribution in [2.75, 3.05) is 19.7 Å². The van der Waals surface area contributed by atoms with Crippen molar-refractivity contribution >= 4 is 6.09 Å². The molecule has 1 fully saturated rings. The van der Waals surface area contributed by atoms with Crippen LogP contribution < -0.4 is 0 Å². The van der Waals surface area contributed by atoms with Gasteiger partial charge in [0.15, 0.2) is 0 Å². The molecule has 4 rings (SSSR count). The van der Waals surface area contributed by atoms with E-state index >= 15 is 0 Å². The lowest BCUT2D eigenvalue weighted by Gasteiger charge is -2.37. The largest absolute Gasteiger partial charge is 0.441 e. The van der Waals surface area contributed by atoms with Gasteiger partial charge in [-0.05, 0) is 35.1 Å². The number of amides is 1. The molecular formula is C32H34N4O3. The third-order valence-corrected chi connectivity index (χ3v) is 7.12. The molecule has 0 N–H and O–H groups in total. The molecular weight excluding hydrogens is 488 g/mol. The molecule has 200 valence electrons. The van der Waals surface area contributed by atoms with Gasteiger partial charge in [-0.25, -0.2) is 4.79 Å². The van der Waals surface area contributed by atoms with Crippen LogP contribution in [0.3, 0.4) is 0 Å². The molecule has 1 saturated heterocycles. The number of benzene rings is 3. The summed E-state index contributed by atoms with van der Waals surface area (Å²) in [6.45, 7) is 0.759. The number of carbonyl (C=O) groups excluding carboxylic acids is 1. The van der Waals surface area contributed by atoms with Gasteiger partial charge in [-0.1, -0.05) is 109 Å². The summed E-state index contributed by atoms with van der Waals surface area (Å²) in [5.74, 6) is 2.66. The molecule has 2 atom stereocenters. The van der Waals surface area contributed by atoms with Crippen molar-refractivity contribution in [1.29, 1.82) is 0 Å². The van der Waals surface area contributed by atoms with Gasteiger partial charge in [-0.3, -0.25) is 0 Å². The Labute approximate surface area is 230 Å². The van der Waals surface area contributed by atoms with E-state index < -0.39 is 23.8 Å². The van der Waals surface area contributed by atoms with Crippen molar-refractivity contribution in [2.45, 2.75) is 49.9 Å². The maximum absolute atomic E-state index is 12.9. The van der Waals surface area contributed by atoms with Gasteiger partial charge in [-0.15, -0.1) is 12.3 Å². The van der Waals surface area contributed by atoms with Crippen LogP contribution in [0.4, 0.5) is 4.79 Å². The zero-order valence-electron chi connectivity index (χ0n) is 22.1. The second-order valence-corrected chi connectivity index (χ2v) is 9.55. The van der Waals surface area contributed by atoms with Gasteiger partial charge in [-0.2, -0.15) is 0 Å². The highest BCUT2D eigenvalue weighted by molar-refractivity contribution is 5.70. The van der Waals surface area contributed by atoms with Crippen LogP contribution in [0.15, 0.2) is 96.1 Å². The number of azide groups is 1.